The van der Waals surface area contributed by atoms with E-state index in [1.54, 1.807) is 12.3 Å². The average molecular weight is 288 g/mol. The van der Waals surface area contributed by atoms with Gasteiger partial charge in [0.1, 0.15) is 11.6 Å². The molecule has 0 aliphatic rings. The number of nitrogens with one attached hydrogen (secondary N) is 1. The molecule has 1 aromatic heterocycles. The van der Waals surface area contributed by atoms with E-state index in [2.05, 4.69) is 17.2 Å². The summed E-state index contributed by atoms with van der Waals surface area (Å²) in [6, 6.07) is 6.78. The van der Waals surface area contributed by atoms with E-state index >= 15 is 0 Å². The summed E-state index contributed by atoms with van der Waals surface area (Å²) in [5, 5.41) is 3.26. The third-order valence-corrected chi connectivity index (χ3v) is 3.37. The number of ether oxygens (including phenoxy) is 1. The maximum absolute atomic E-state index is 13.3. The highest BCUT2D eigenvalue weighted by molar-refractivity contribution is 5.38. The van der Waals surface area contributed by atoms with Crippen LogP contribution in [0.3, 0.4) is 0 Å². The molecule has 0 aliphatic heterocycles. The van der Waals surface area contributed by atoms with Crippen LogP contribution >= 0.6 is 0 Å². The number of aromatic nitrogens is 1. The van der Waals surface area contributed by atoms with Crippen LogP contribution in [0.15, 0.2) is 36.7 Å². The quantitative estimate of drug-likeness (QED) is 0.881. The van der Waals surface area contributed by atoms with Gasteiger partial charge in [0, 0.05) is 6.20 Å². The van der Waals surface area contributed by atoms with Crippen molar-refractivity contribution in [3.05, 3.63) is 59.2 Å². The summed E-state index contributed by atoms with van der Waals surface area (Å²) >= 11 is 0. The predicted molar refractivity (Wildman–Crippen MR) is 82.1 cm³/mol. The zero-order valence-corrected chi connectivity index (χ0v) is 12.7. The molecule has 1 atom stereocenters. The second kappa shape index (κ2) is 7.18. The SMILES string of the molecule is CCCOc1cncc(C(NC)c2ccc(F)cc2C)c1. The van der Waals surface area contributed by atoms with Crippen molar-refractivity contribution >= 4 is 0 Å². The number of halogens is 1. The van der Waals surface area contributed by atoms with Crippen molar-refractivity contribution in [3.63, 3.8) is 0 Å². The second-order valence-electron chi connectivity index (χ2n) is 5.03. The summed E-state index contributed by atoms with van der Waals surface area (Å²) in [5.74, 6) is 0.540. The lowest BCUT2D eigenvalue weighted by atomic mass is 9.96. The topological polar surface area (TPSA) is 34.1 Å². The number of benzene rings is 1. The van der Waals surface area contributed by atoms with Gasteiger partial charge in [0.2, 0.25) is 0 Å². The molecule has 4 heteroatoms. The lowest BCUT2D eigenvalue weighted by Gasteiger charge is -2.19. The van der Waals surface area contributed by atoms with Gasteiger partial charge in [-0.05, 0) is 55.3 Å². The minimum absolute atomic E-state index is 0.0386. The van der Waals surface area contributed by atoms with Crippen LogP contribution in [0.5, 0.6) is 5.75 Å². The van der Waals surface area contributed by atoms with E-state index in [0.717, 1.165) is 28.9 Å². The molecule has 0 saturated carbocycles. The maximum atomic E-state index is 13.3. The Labute approximate surface area is 125 Å². The molecule has 1 aromatic carbocycles. The highest BCUT2D eigenvalue weighted by Gasteiger charge is 2.15. The normalized spacial score (nSPS) is 12.2. The summed E-state index contributed by atoms with van der Waals surface area (Å²) in [5.41, 5.74) is 2.95. The van der Waals surface area contributed by atoms with Crippen molar-refractivity contribution in [2.75, 3.05) is 13.7 Å². The Balaban J connectivity index is 2.32. The zero-order chi connectivity index (χ0) is 15.2. The Kier molecular flexibility index (Phi) is 5.28. The van der Waals surface area contributed by atoms with Gasteiger partial charge in [-0.3, -0.25) is 4.98 Å². The molecule has 1 N–H and O–H groups in total. The van der Waals surface area contributed by atoms with Gasteiger partial charge in [-0.2, -0.15) is 0 Å². The van der Waals surface area contributed by atoms with Crippen molar-refractivity contribution in [1.29, 1.82) is 0 Å². The molecule has 0 amide bonds. The van der Waals surface area contributed by atoms with Crippen LogP contribution in [-0.4, -0.2) is 18.6 Å². The summed E-state index contributed by atoms with van der Waals surface area (Å²) in [4.78, 5) is 4.24. The number of aryl methyl sites for hydroxylation is 1. The van der Waals surface area contributed by atoms with Gasteiger partial charge in [0.15, 0.2) is 0 Å². The van der Waals surface area contributed by atoms with E-state index in [1.165, 1.54) is 6.07 Å². The van der Waals surface area contributed by atoms with Crippen LogP contribution in [-0.2, 0) is 0 Å². The largest absolute Gasteiger partial charge is 0.492 e. The van der Waals surface area contributed by atoms with Crippen LogP contribution in [0.25, 0.3) is 0 Å². The average Bonchev–Trinajstić information content (AvgIpc) is 2.48. The van der Waals surface area contributed by atoms with Crippen LogP contribution in [0.4, 0.5) is 4.39 Å². The highest BCUT2D eigenvalue weighted by Crippen LogP contribution is 2.26. The van der Waals surface area contributed by atoms with E-state index in [4.69, 9.17) is 4.74 Å². The molecule has 0 fully saturated rings. The summed E-state index contributed by atoms with van der Waals surface area (Å²) < 4.78 is 18.9. The van der Waals surface area contributed by atoms with Crippen LogP contribution < -0.4 is 10.1 Å². The van der Waals surface area contributed by atoms with E-state index in [9.17, 15) is 4.39 Å². The molecule has 0 spiro atoms. The number of hydrogen-bond donors (Lipinski definition) is 1. The van der Waals surface area contributed by atoms with Crippen molar-refractivity contribution in [2.24, 2.45) is 0 Å². The lowest BCUT2D eigenvalue weighted by molar-refractivity contribution is 0.315. The summed E-state index contributed by atoms with van der Waals surface area (Å²) in [6.45, 7) is 4.65. The standard InChI is InChI=1S/C17H21FN2O/c1-4-7-21-15-9-13(10-20-11-15)17(19-3)16-6-5-14(18)8-12(16)2/h5-6,8-11,17,19H,4,7H2,1-3H3. The molecule has 112 valence electrons. The predicted octanol–water partition coefficient (Wildman–Crippen LogP) is 3.63. The fourth-order valence-electron chi connectivity index (χ4n) is 2.36. The van der Waals surface area contributed by atoms with Crippen LogP contribution in [0.1, 0.15) is 36.1 Å². The molecule has 21 heavy (non-hydrogen) atoms. The minimum Gasteiger partial charge on any atom is -0.492 e. The number of rotatable bonds is 6. The summed E-state index contributed by atoms with van der Waals surface area (Å²) in [6.07, 6.45) is 4.48. The molecule has 0 aliphatic carbocycles. The van der Waals surface area contributed by atoms with Crippen molar-refractivity contribution in [3.8, 4) is 5.75 Å². The van der Waals surface area contributed by atoms with E-state index < -0.39 is 0 Å². The third-order valence-electron chi connectivity index (χ3n) is 3.37. The molecule has 1 unspecified atom stereocenters. The van der Waals surface area contributed by atoms with Crippen LogP contribution in [0.2, 0.25) is 0 Å². The van der Waals surface area contributed by atoms with Gasteiger partial charge in [0.25, 0.3) is 0 Å². The highest BCUT2D eigenvalue weighted by atomic mass is 19.1. The van der Waals surface area contributed by atoms with Crippen molar-refractivity contribution in [1.82, 2.24) is 10.3 Å². The molecule has 0 saturated heterocycles. The van der Waals surface area contributed by atoms with Gasteiger partial charge in [-0.25, -0.2) is 4.39 Å². The molecule has 2 rings (SSSR count). The van der Waals surface area contributed by atoms with E-state index in [-0.39, 0.29) is 11.9 Å². The molecule has 3 nitrogen and oxygen atoms in total. The Bertz CT molecular complexity index is 601. The van der Waals surface area contributed by atoms with Crippen LogP contribution in [0, 0.1) is 12.7 Å². The number of pyridine rings is 1. The Morgan fingerprint density at radius 1 is 1.29 bits per heavy atom. The molecule has 0 radical (unpaired) electrons. The zero-order valence-electron chi connectivity index (χ0n) is 12.7. The molecular formula is C17H21FN2O. The van der Waals surface area contributed by atoms with Gasteiger partial charge >= 0.3 is 0 Å². The first-order valence-electron chi connectivity index (χ1n) is 7.16. The lowest BCUT2D eigenvalue weighted by Crippen LogP contribution is -2.19. The smallest absolute Gasteiger partial charge is 0.137 e. The monoisotopic (exact) mass is 288 g/mol. The van der Waals surface area contributed by atoms with Gasteiger partial charge in [-0.1, -0.05) is 13.0 Å². The Morgan fingerprint density at radius 2 is 2.10 bits per heavy atom. The molecule has 1 heterocycles. The molecule has 2 aromatic rings. The van der Waals surface area contributed by atoms with E-state index in [0.29, 0.717) is 6.61 Å². The fourth-order valence-corrected chi connectivity index (χ4v) is 2.36. The van der Waals surface area contributed by atoms with Crippen molar-refractivity contribution < 1.29 is 9.13 Å². The van der Waals surface area contributed by atoms with Gasteiger partial charge < -0.3 is 10.1 Å². The molecule has 0 bridgehead atoms. The maximum Gasteiger partial charge on any atom is 0.137 e. The Hall–Kier alpha value is -1.94. The first-order valence-corrected chi connectivity index (χ1v) is 7.16. The van der Waals surface area contributed by atoms with Gasteiger partial charge in [-0.15, -0.1) is 0 Å². The second-order valence-corrected chi connectivity index (χ2v) is 5.03. The van der Waals surface area contributed by atoms with E-state index in [1.807, 2.05) is 32.3 Å². The Morgan fingerprint density at radius 3 is 2.76 bits per heavy atom. The fraction of sp³-hybridized carbons (Fsp3) is 0.353. The first-order chi connectivity index (χ1) is 10.2. The summed E-state index contributed by atoms with van der Waals surface area (Å²) in [7, 11) is 1.88. The molecular weight excluding hydrogens is 267 g/mol. The third kappa shape index (κ3) is 3.79. The number of nitrogens with zero attached hydrogens (tertiary/aromatic N) is 1. The first kappa shape index (κ1) is 15.4. The minimum atomic E-state index is -0.218. The van der Waals surface area contributed by atoms with Gasteiger partial charge in [0.05, 0.1) is 18.8 Å². The van der Waals surface area contributed by atoms with Crippen molar-refractivity contribution in [2.45, 2.75) is 26.3 Å². The number of hydrogen-bond acceptors (Lipinski definition) is 3.